The zero-order valence-corrected chi connectivity index (χ0v) is 17.5. The van der Waals surface area contributed by atoms with Crippen LogP contribution in [0.1, 0.15) is 25.7 Å². The Bertz CT molecular complexity index is 500. The molecule has 0 aromatic carbocycles. The van der Waals surface area contributed by atoms with Gasteiger partial charge in [-0.2, -0.15) is 0 Å². The van der Waals surface area contributed by atoms with Crippen molar-refractivity contribution in [2.75, 3.05) is 52.8 Å². The highest BCUT2D eigenvalue weighted by Gasteiger charge is 2.49. The van der Waals surface area contributed by atoms with Crippen LogP contribution in [0.25, 0.3) is 0 Å². The van der Waals surface area contributed by atoms with Crippen LogP contribution < -0.4 is 16.4 Å². The van der Waals surface area contributed by atoms with Gasteiger partial charge in [0.2, 0.25) is 0 Å². The van der Waals surface area contributed by atoms with E-state index in [2.05, 4.69) is 10.6 Å². The summed E-state index contributed by atoms with van der Waals surface area (Å²) in [6.07, 6.45) is 2.49. The van der Waals surface area contributed by atoms with Gasteiger partial charge in [0, 0.05) is 18.2 Å². The fourth-order valence-electron chi connectivity index (χ4n) is 3.29. The molecule has 2 aliphatic heterocycles. The number of unbranched alkanes of at least 4 members (excludes halogenated alkanes) is 1. The monoisotopic (exact) mass is 435 g/mol. The summed E-state index contributed by atoms with van der Waals surface area (Å²) in [7, 11) is 0. The van der Waals surface area contributed by atoms with E-state index in [4.69, 9.17) is 29.8 Å². The van der Waals surface area contributed by atoms with Crippen LogP contribution in [0.5, 0.6) is 0 Å². The molecule has 10 nitrogen and oxygen atoms in total. The molecule has 168 valence electrons. The Morgan fingerprint density at radius 1 is 0.966 bits per heavy atom. The van der Waals surface area contributed by atoms with Crippen LogP contribution in [0.2, 0.25) is 0 Å². The number of carbonyl (C=O) groups excluding carboxylic acids is 1. The van der Waals surface area contributed by atoms with Gasteiger partial charge in [0.1, 0.15) is 5.44 Å². The molecule has 11 heteroatoms. The fraction of sp³-hybridized carbons (Fsp3) is 0.889. The van der Waals surface area contributed by atoms with Crippen molar-refractivity contribution in [1.29, 1.82) is 0 Å². The number of nitrogens with one attached hydrogen (secondary N) is 2. The first-order valence-corrected chi connectivity index (χ1v) is 11.0. The Balaban J connectivity index is 1.55. The molecule has 1 unspecified atom stereocenters. The van der Waals surface area contributed by atoms with Gasteiger partial charge in [0.25, 0.3) is 0 Å². The predicted octanol–water partition coefficient (Wildman–Crippen LogP) is 0.148. The number of nitrogens with two attached hydrogens (primary N) is 1. The molecule has 2 heterocycles. The van der Waals surface area contributed by atoms with Gasteiger partial charge in [0.15, 0.2) is 0 Å². The molecule has 2 fully saturated rings. The molecule has 29 heavy (non-hydrogen) atoms. The topological polar surface area (TPSA) is 141 Å². The molecule has 0 aromatic rings. The van der Waals surface area contributed by atoms with Gasteiger partial charge >= 0.3 is 12.0 Å². The van der Waals surface area contributed by atoms with Gasteiger partial charge in [-0.15, -0.1) is 11.8 Å². The van der Waals surface area contributed by atoms with Gasteiger partial charge in [-0.3, -0.25) is 4.79 Å². The standard InChI is InChI=1S/C18H33N3O7S/c19-5-6-25-7-8-26-9-10-27-11-12-28-17-16-15(20-18(24)21-16)13(29-17)3-1-2-4-14(22)23/h13,15-17H,1-12,19H2,(H,22,23)(H2,20,21,24)/t13-,15+,16+,17?/m0/s1. The summed E-state index contributed by atoms with van der Waals surface area (Å²) in [5.41, 5.74) is 5.18. The Morgan fingerprint density at radius 2 is 1.59 bits per heavy atom. The zero-order valence-electron chi connectivity index (χ0n) is 16.7. The minimum atomic E-state index is -0.774. The van der Waals surface area contributed by atoms with Crippen molar-refractivity contribution in [3.8, 4) is 0 Å². The number of amides is 2. The molecule has 0 radical (unpaired) electrons. The number of urea groups is 1. The molecule has 0 spiro atoms. The second-order valence-electron chi connectivity index (χ2n) is 6.85. The number of carboxylic acid groups (broad SMARTS) is 1. The van der Waals surface area contributed by atoms with Crippen LogP contribution in [0.4, 0.5) is 4.79 Å². The average Bonchev–Trinajstić information content (AvgIpc) is 3.21. The second-order valence-corrected chi connectivity index (χ2v) is 8.19. The molecule has 0 aromatic heterocycles. The molecular weight excluding hydrogens is 402 g/mol. The second kappa shape index (κ2) is 14.0. The first-order valence-electron chi connectivity index (χ1n) is 10.1. The molecular formula is C18H33N3O7S. The van der Waals surface area contributed by atoms with Gasteiger partial charge in [-0.1, -0.05) is 6.42 Å². The van der Waals surface area contributed by atoms with Gasteiger partial charge in [0.05, 0.1) is 58.3 Å². The normalized spacial score (nSPS) is 25.6. The number of carbonyl (C=O) groups is 2. The third-order valence-electron chi connectivity index (χ3n) is 4.63. The Labute approximate surface area is 175 Å². The quantitative estimate of drug-likeness (QED) is 0.185. The number of fused-ring (bicyclic) bond motifs is 1. The lowest BCUT2D eigenvalue weighted by atomic mass is 10.0. The fourth-order valence-corrected chi connectivity index (χ4v) is 4.92. The van der Waals surface area contributed by atoms with E-state index < -0.39 is 5.97 Å². The smallest absolute Gasteiger partial charge is 0.315 e. The highest BCUT2D eigenvalue weighted by atomic mass is 32.2. The van der Waals surface area contributed by atoms with Gasteiger partial charge < -0.3 is 40.4 Å². The number of rotatable bonds is 17. The lowest BCUT2D eigenvalue weighted by Gasteiger charge is -2.17. The minimum absolute atomic E-state index is 0.0122. The number of ether oxygens (including phenoxy) is 4. The van der Waals surface area contributed by atoms with E-state index in [0.29, 0.717) is 59.2 Å². The molecule has 0 bridgehead atoms. The maximum Gasteiger partial charge on any atom is 0.315 e. The summed E-state index contributed by atoms with van der Waals surface area (Å²) in [6, 6.07) is -0.236. The van der Waals surface area contributed by atoms with Crippen LogP contribution in [-0.2, 0) is 23.7 Å². The maximum absolute atomic E-state index is 11.7. The molecule has 2 aliphatic rings. The van der Waals surface area contributed by atoms with E-state index >= 15 is 0 Å². The summed E-state index contributed by atoms with van der Waals surface area (Å²) in [5.74, 6) is -0.774. The van der Waals surface area contributed by atoms with Crippen LogP contribution in [0, 0.1) is 0 Å². The van der Waals surface area contributed by atoms with Gasteiger partial charge in [-0.05, 0) is 12.8 Å². The van der Waals surface area contributed by atoms with E-state index in [0.717, 1.165) is 12.8 Å². The molecule has 4 atom stereocenters. The lowest BCUT2D eigenvalue weighted by Crippen LogP contribution is -2.40. The Hall–Kier alpha value is -1.11. The van der Waals surface area contributed by atoms with Crippen LogP contribution in [0.3, 0.4) is 0 Å². The van der Waals surface area contributed by atoms with E-state index in [1.54, 1.807) is 11.8 Å². The highest BCUT2D eigenvalue weighted by molar-refractivity contribution is 8.00. The number of thioether (sulfide) groups is 1. The zero-order chi connectivity index (χ0) is 20.9. The van der Waals surface area contributed by atoms with Crippen molar-refractivity contribution in [3.05, 3.63) is 0 Å². The van der Waals surface area contributed by atoms with E-state index in [-0.39, 0.29) is 35.2 Å². The van der Waals surface area contributed by atoms with Crippen molar-refractivity contribution in [2.24, 2.45) is 5.73 Å². The number of hydrogen-bond donors (Lipinski definition) is 4. The maximum atomic E-state index is 11.7. The summed E-state index contributed by atoms with van der Waals surface area (Å²) >= 11 is 1.69. The third kappa shape index (κ3) is 9.06. The Kier molecular flexibility index (Phi) is 11.7. The van der Waals surface area contributed by atoms with Crippen LogP contribution in [-0.4, -0.2) is 92.7 Å². The number of aliphatic carboxylic acids is 1. The third-order valence-corrected chi connectivity index (χ3v) is 6.21. The van der Waals surface area contributed by atoms with E-state index in [1.165, 1.54) is 0 Å². The van der Waals surface area contributed by atoms with E-state index in [1.807, 2.05) is 0 Å². The van der Waals surface area contributed by atoms with Crippen molar-refractivity contribution in [1.82, 2.24) is 10.6 Å². The SMILES string of the molecule is NCCOCCOCCOCCOC1S[C@@H](CCCCC(=O)O)[C@H]2NC(=O)N[C@@H]12. The minimum Gasteiger partial charge on any atom is -0.481 e. The van der Waals surface area contributed by atoms with Crippen molar-refractivity contribution in [2.45, 2.75) is 48.5 Å². The van der Waals surface area contributed by atoms with Crippen molar-refractivity contribution >= 4 is 23.8 Å². The predicted molar refractivity (Wildman–Crippen MR) is 108 cm³/mol. The molecule has 2 saturated heterocycles. The first kappa shape index (κ1) is 24.2. The average molecular weight is 436 g/mol. The number of carboxylic acids is 1. The van der Waals surface area contributed by atoms with Gasteiger partial charge in [-0.25, -0.2) is 4.79 Å². The summed E-state index contributed by atoms with van der Waals surface area (Å²) in [5, 5.41) is 14.8. The van der Waals surface area contributed by atoms with Crippen LogP contribution >= 0.6 is 11.8 Å². The first-order chi connectivity index (χ1) is 14.1. The van der Waals surface area contributed by atoms with Crippen molar-refractivity contribution < 1.29 is 33.6 Å². The highest BCUT2D eigenvalue weighted by Crippen LogP contribution is 2.39. The van der Waals surface area contributed by atoms with Crippen LogP contribution in [0.15, 0.2) is 0 Å². The van der Waals surface area contributed by atoms with Crippen molar-refractivity contribution in [3.63, 3.8) is 0 Å². The van der Waals surface area contributed by atoms with E-state index in [9.17, 15) is 9.59 Å². The lowest BCUT2D eigenvalue weighted by molar-refractivity contribution is -0.137. The number of hydrogen-bond acceptors (Lipinski definition) is 8. The summed E-state index contributed by atoms with van der Waals surface area (Å²) < 4.78 is 22.0. The Morgan fingerprint density at radius 3 is 2.24 bits per heavy atom. The summed E-state index contributed by atoms with van der Waals surface area (Å²) in [6.45, 7) is 3.95. The molecule has 0 aliphatic carbocycles. The largest absolute Gasteiger partial charge is 0.481 e. The molecule has 2 rings (SSSR count). The molecule has 2 amide bonds. The molecule has 5 N–H and O–H groups in total. The summed E-state index contributed by atoms with van der Waals surface area (Å²) in [4.78, 5) is 22.3. The molecule has 0 saturated carbocycles.